The number of aromatic nitrogens is 4. The van der Waals surface area contributed by atoms with Crippen LogP contribution in [0.15, 0.2) is 83.1 Å². The van der Waals surface area contributed by atoms with Gasteiger partial charge in [0, 0.05) is 51.7 Å². The number of nitrogens with one attached hydrogen (secondary N) is 4. The van der Waals surface area contributed by atoms with Crippen molar-refractivity contribution in [3.63, 3.8) is 0 Å². The van der Waals surface area contributed by atoms with Crippen LogP contribution in [0.4, 0.5) is 50.2 Å². The molecule has 0 saturated heterocycles. The van der Waals surface area contributed by atoms with E-state index >= 15 is 0 Å². The number of anilines is 4. The number of hydrogen-bond donors (Lipinski definition) is 4. The van der Waals surface area contributed by atoms with Crippen LogP contribution in [-0.2, 0) is 22.9 Å². The van der Waals surface area contributed by atoms with Crippen molar-refractivity contribution in [2.75, 3.05) is 22.3 Å². The lowest BCUT2D eigenvalue weighted by molar-refractivity contribution is 0.0934. The summed E-state index contributed by atoms with van der Waals surface area (Å²) in [6.07, 6.45) is 2.65. The number of urea groups is 2. The number of thioether (sulfide) groups is 1. The van der Waals surface area contributed by atoms with E-state index in [1.54, 1.807) is 43.5 Å². The molecule has 0 spiro atoms. The summed E-state index contributed by atoms with van der Waals surface area (Å²) < 4.78 is 83.7. The third-order valence-electron chi connectivity index (χ3n) is 10.8. The second-order valence-electron chi connectivity index (χ2n) is 16.7. The maximum atomic E-state index is 14.7. The van der Waals surface area contributed by atoms with E-state index in [1.165, 1.54) is 17.8 Å². The minimum atomic E-state index is -4.01. The Morgan fingerprint density at radius 1 is 0.643 bits per heavy atom. The van der Waals surface area contributed by atoms with Gasteiger partial charge in [-0.2, -0.15) is 4.98 Å². The first-order valence-corrected chi connectivity index (χ1v) is 24.6. The number of nitrogens with zero attached hydrogens (tertiary/aromatic N) is 6. The van der Waals surface area contributed by atoms with Crippen LogP contribution in [0.1, 0.15) is 70.7 Å². The maximum Gasteiger partial charge on any atom is 0.328 e. The summed E-state index contributed by atoms with van der Waals surface area (Å²) in [5, 5.41) is 10.5. The Labute approximate surface area is 404 Å². The fourth-order valence-electron chi connectivity index (χ4n) is 7.53. The van der Waals surface area contributed by atoms with Gasteiger partial charge in [-0.25, -0.2) is 60.3 Å². The summed E-state index contributed by atoms with van der Waals surface area (Å²) in [5.74, 6) is -4.61. The van der Waals surface area contributed by atoms with Crippen molar-refractivity contribution in [2.24, 2.45) is 0 Å². The molecule has 4 aromatic carbocycles. The van der Waals surface area contributed by atoms with Crippen LogP contribution in [0.5, 0.6) is 0 Å². The molecule has 2 aliphatic rings. The van der Waals surface area contributed by atoms with Gasteiger partial charge in [-0.1, -0.05) is 36.0 Å². The number of carbonyl (C=O) groups is 4. The predicted octanol–water partition coefficient (Wildman–Crippen LogP) is 8.58. The summed E-state index contributed by atoms with van der Waals surface area (Å²) in [6.45, 7) is 10.9. The average molecular weight is 999 g/mol. The van der Waals surface area contributed by atoms with Gasteiger partial charge in [0.15, 0.2) is 16.8 Å². The molecule has 2 aromatic heterocycles. The normalized spacial score (nSPS) is 13.2. The molecule has 2 aliphatic heterocycles. The number of amides is 6. The van der Waals surface area contributed by atoms with Gasteiger partial charge in [-0.05, 0) is 107 Å². The van der Waals surface area contributed by atoms with E-state index in [0.717, 1.165) is 47.1 Å². The molecule has 6 aromatic rings. The Balaban J connectivity index is 0.000000207. The van der Waals surface area contributed by atoms with Crippen molar-refractivity contribution in [1.29, 1.82) is 0 Å². The molecule has 0 bridgehead atoms. The van der Waals surface area contributed by atoms with Crippen molar-refractivity contribution < 1.29 is 45.2 Å². The van der Waals surface area contributed by atoms with Crippen LogP contribution in [-0.4, -0.2) is 76.8 Å². The van der Waals surface area contributed by atoms with Crippen molar-refractivity contribution in [2.45, 2.75) is 77.0 Å². The highest BCUT2D eigenvalue weighted by atomic mass is 32.2. The lowest BCUT2D eigenvalue weighted by Crippen LogP contribution is -2.43. The summed E-state index contributed by atoms with van der Waals surface area (Å²) in [6, 6.07) is 14.8. The zero-order valence-corrected chi connectivity index (χ0v) is 40.6. The number of rotatable bonds is 10. The van der Waals surface area contributed by atoms with Gasteiger partial charge in [-0.3, -0.25) is 9.59 Å². The van der Waals surface area contributed by atoms with Crippen molar-refractivity contribution in [3.8, 4) is 22.5 Å². The van der Waals surface area contributed by atoms with Crippen LogP contribution in [0.2, 0.25) is 0 Å². The van der Waals surface area contributed by atoms with E-state index in [-0.39, 0.29) is 59.9 Å². The lowest BCUT2D eigenvalue weighted by Gasteiger charge is -2.30. The summed E-state index contributed by atoms with van der Waals surface area (Å²) in [7, 11) is -4.01. The number of halogens is 4. The van der Waals surface area contributed by atoms with Gasteiger partial charge in [0.2, 0.25) is 15.0 Å². The molecule has 16 nitrogen and oxygen atoms in total. The number of sulfone groups is 1. The predicted molar refractivity (Wildman–Crippen MR) is 256 cm³/mol. The van der Waals surface area contributed by atoms with Gasteiger partial charge in [0.1, 0.15) is 34.6 Å². The van der Waals surface area contributed by atoms with Gasteiger partial charge >= 0.3 is 12.1 Å². The summed E-state index contributed by atoms with van der Waals surface area (Å²) >= 11 is 1.23. The maximum absolute atomic E-state index is 14.7. The van der Waals surface area contributed by atoms with E-state index in [1.807, 2.05) is 40.7 Å². The molecule has 8 rings (SSSR count). The molecular weight excluding hydrogens is 953 g/mol. The highest BCUT2D eigenvalue weighted by molar-refractivity contribution is 7.98. The molecule has 0 fully saturated rings. The fraction of sp³-hybridized carbons (Fsp3) is 0.250. The zero-order chi connectivity index (χ0) is 50.9. The number of hydrogen-bond acceptors (Lipinski definition) is 11. The second-order valence-corrected chi connectivity index (χ2v) is 19.4. The Hall–Kier alpha value is -7.46. The van der Waals surface area contributed by atoms with Gasteiger partial charge in [0.25, 0.3) is 11.8 Å². The van der Waals surface area contributed by atoms with E-state index in [4.69, 9.17) is 0 Å². The molecule has 4 heterocycles. The van der Waals surface area contributed by atoms with Gasteiger partial charge in [0.05, 0.1) is 24.5 Å². The van der Waals surface area contributed by atoms with Crippen LogP contribution in [0, 0.1) is 37.1 Å². The molecule has 0 aliphatic carbocycles. The number of carbonyl (C=O) groups excluding carboxylic acids is 4. The third-order valence-corrected chi connectivity index (χ3v) is 12.2. The molecule has 0 radical (unpaired) electrons. The van der Waals surface area contributed by atoms with Crippen LogP contribution >= 0.6 is 11.8 Å². The Kier molecular flexibility index (Phi) is 14.6. The molecule has 0 atom stereocenters. The van der Waals surface area contributed by atoms with Gasteiger partial charge < -0.3 is 21.3 Å². The van der Waals surface area contributed by atoms with Crippen molar-refractivity contribution in [1.82, 2.24) is 41.2 Å². The number of para-hydroxylation sites is 2. The Bertz CT molecular complexity index is 3190. The minimum absolute atomic E-state index is 0.0356. The molecular formula is C48H46F4N10O6S2. The Morgan fingerprint density at radius 2 is 1.04 bits per heavy atom. The lowest BCUT2D eigenvalue weighted by atomic mass is 9.97. The largest absolute Gasteiger partial charge is 0.350 e. The topological polar surface area (TPSA) is 209 Å². The minimum Gasteiger partial charge on any atom is -0.350 e. The highest BCUT2D eigenvalue weighted by Crippen LogP contribution is 2.41. The van der Waals surface area contributed by atoms with Crippen molar-refractivity contribution in [3.05, 3.63) is 129 Å². The SMILES string of the molecule is CSc1nc(-c2cc(C(=O)NC(C)C)ccc2C)c2c(n1)N(c1c(F)cccc1F)C(=O)NC2.Cc1ccc(C(=O)NC(C)C)cc1-c1nc(S(C)(=O)=O)nc2c1CNC(=O)N2c1c(F)cccc1F. The number of benzene rings is 4. The second kappa shape index (κ2) is 20.2. The first kappa shape index (κ1) is 50.4. The molecule has 70 heavy (non-hydrogen) atoms. The summed E-state index contributed by atoms with van der Waals surface area (Å²) in [5.41, 5.74) is 3.40. The molecule has 0 saturated carbocycles. The Morgan fingerprint density at radius 3 is 1.43 bits per heavy atom. The number of aryl methyl sites for hydroxylation is 2. The van der Waals surface area contributed by atoms with E-state index in [0.29, 0.717) is 49.1 Å². The van der Waals surface area contributed by atoms with Crippen LogP contribution in [0.25, 0.3) is 22.5 Å². The fourth-order valence-corrected chi connectivity index (χ4v) is 8.40. The van der Waals surface area contributed by atoms with Crippen molar-refractivity contribution >= 4 is 68.5 Å². The smallest absolute Gasteiger partial charge is 0.328 e. The molecule has 4 N–H and O–H groups in total. The average Bonchev–Trinajstić information content (AvgIpc) is 3.29. The standard InChI is InChI=1S/C24H23F2N5O4S.C24H23F2N5O2S/c1-12(2)28-22(32)14-9-8-13(3)15(10-14)19-16-11-27-24(33)31(20-17(25)6-5-7-18(20)26)21(16)30-23(29-19)36(4,34)35;1-12(2)28-22(32)14-9-8-13(3)15(10-14)19-16-11-27-24(33)31(21(16)30-23(29-19)34-4)20-17(25)6-5-7-18(20)26/h5-10,12H,11H2,1-4H3,(H,27,33)(H,28,32);5-10,12H,11H2,1-4H3,(H,27,33)(H,28,32). The molecule has 0 unspecified atom stereocenters. The molecule has 364 valence electrons. The van der Waals surface area contributed by atoms with E-state index in [9.17, 15) is 45.2 Å². The highest BCUT2D eigenvalue weighted by Gasteiger charge is 2.37. The van der Waals surface area contributed by atoms with Crippen LogP contribution in [0.3, 0.4) is 0 Å². The van der Waals surface area contributed by atoms with E-state index in [2.05, 4.69) is 41.2 Å². The zero-order valence-electron chi connectivity index (χ0n) is 39.0. The summed E-state index contributed by atoms with van der Waals surface area (Å²) in [4.78, 5) is 69.8. The molecule has 22 heteroatoms. The first-order chi connectivity index (χ1) is 33.1. The van der Waals surface area contributed by atoms with E-state index < -0.39 is 61.7 Å². The third kappa shape index (κ3) is 10.3. The monoisotopic (exact) mass is 998 g/mol. The van der Waals surface area contributed by atoms with Gasteiger partial charge in [-0.15, -0.1) is 0 Å². The first-order valence-electron chi connectivity index (χ1n) is 21.5. The quantitative estimate of drug-likeness (QED) is 0.0581. The molecule has 6 amide bonds. The van der Waals surface area contributed by atoms with Crippen LogP contribution < -0.4 is 31.1 Å². The number of fused-ring (bicyclic) bond motifs is 2.